The molecule has 8 nitrogen and oxygen atoms in total. The van der Waals surface area contributed by atoms with Crippen LogP contribution in [0.3, 0.4) is 0 Å². The van der Waals surface area contributed by atoms with Crippen LogP contribution in [0.4, 0.5) is 5.69 Å². The first-order valence-corrected chi connectivity index (χ1v) is 12.4. The average Bonchev–Trinajstić information content (AvgIpc) is 2.79. The molecule has 1 aromatic rings. The Kier molecular flexibility index (Phi) is 7.26. The van der Waals surface area contributed by atoms with Gasteiger partial charge in [-0.05, 0) is 64.2 Å². The zero-order valence-corrected chi connectivity index (χ0v) is 19.5. The molecule has 0 aromatic heterocycles. The zero-order chi connectivity index (χ0) is 22.6. The summed E-state index contributed by atoms with van der Waals surface area (Å²) in [4.78, 5) is 27.1. The van der Waals surface area contributed by atoms with Gasteiger partial charge in [-0.25, -0.2) is 13.2 Å². The van der Waals surface area contributed by atoms with Gasteiger partial charge in [0, 0.05) is 31.7 Å². The number of carbonyl (C=O) groups excluding carboxylic acids is 2. The Labute approximate surface area is 185 Å². The molecule has 31 heavy (non-hydrogen) atoms. The highest BCUT2D eigenvalue weighted by Crippen LogP contribution is 2.32. The second-order valence-electron chi connectivity index (χ2n) is 8.77. The van der Waals surface area contributed by atoms with Crippen molar-refractivity contribution < 1.29 is 22.7 Å². The number of piperidine rings is 2. The molecule has 2 aliphatic heterocycles. The van der Waals surface area contributed by atoms with Crippen LogP contribution >= 0.6 is 0 Å². The molecule has 9 heteroatoms. The Morgan fingerprint density at radius 1 is 0.968 bits per heavy atom. The third-order valence-electron chi connectivity index (χ3n) is 5.97. The van der Waals surface area contributed by atoms with E-state index in [0.717, 1.165) is 51.6 Å². The highest BCUT2D eigenvalue weighted by molar-refractivity contribution is 7.89. The number of rotatable bonds is 6. The maximum atomic E-state index is 13.6. The van der Waals surface area contributed by atoms with Crippen molar-refractivity contribution in [3.05, 3.63) is 23.8 Å². The SMILES string of the molecule is COC(=O)C(C)(C)NC(=O)c1ccc(N2CCCCC2)c(S(=O)(=O)N2CCCCC2)c1. The van der Waals surface area contributed by atoms with Crippen LogP contribution in [-0.4, -0.2) is 63.4 Å². The highest BCUT2D eigenvalue weighted by Gasteiger charge is 2.33. The summed E-state index contributed by atoms with van der Waals surface area (Å²) in [5, 5.41) is 2.64. The standard InChI is InChI=1S/C22H33N3O5S/c1-22(2,21(27)30-3)23-20(26)17-10-11-18(24-12-6-4-7-13-24)19(16-17)31(28,29)25-14-8-5-9-15-25/h10-11,16H,4-9,12-15H2,1-3H3,(H,23,26). The van der Waals surface area contributed by atoms with Crippen LogP contribution < -0.4 is 10.2 Å². The lowest BCUT2D eigenvalue weighted by Crippen LogP contribution is -2.50. The van der Waals surface area contributed by atoms with Gasteiger partial charge >= 0.3 is 5.97 Å². The summed E-state index contributed by atoms with van der Waals surface area (Å²) in [5.74, 6) is -1.09. The van der Waals surface area contributed by atoms with E-state index in [-0.39, 0.29) is 10.5 Å². The number of esters is 1. The van der Waals surface area contributed by atoms with Crippen molar-refractivity contribution >= 4 is 27.6 Å². The largest absolute Gasteiger partial charge is 0.467 e. The Morgan fingerprint density at radius 3 is 2.13 bits per heavy atom. The number of nitrogens with one attached hydrogen (secondary N) is 1. The van der Waals surface area contributed by atoms with Crippen molar-refractivity contribution in [2.24, 2.45) is 0 Å². The number of amides is 1. The molecule has 2 saturated heterocycles. The van der Waals surface area contributed by atoms with Gasteiger partial charge in [-0.2, -0.15) is 4.31 Å². The van der Waals surface area contributed by atoms with E-state index in [0.29, 0.717) is 18.8 Å². The van der Waals surface area contributed by atoms with Crippen LogP contribution in [0.25, 0.3) is 0 Å². The van der Waals surface area contributed by atoms with Crippen molar-refractivity contribution in [1.82, 2.24) is 9.62 Å². The van der Waals surface area contributed by atoms with Crippen LogP contribution in [0, 0.1) is 0 Å². The molecule has 1 aromatic carbocycles. The van der Waals surface area contributed by atoms with E-state index in [1.165, 1.54) is 17.5 Å². The fourth-order valence-corrected chi connectivity index (χ4v) is 5.92. The van der Waals surface area contributed by atoms with E-state index in [9.17, 15) is 18.0 Å². The van der Waals surface area contributed by atoms with Gasteiger partial charge in [0.2, 0.25) is 10.0 Å². The van der Waals surface area contributed by atoms with Crippen molar-refractivity contribution in [3.63, 3.8) is 0 Å². The molecule has 1 amide bonds. The smallest absolute Gasteiger partial charge is 0.330 e. The van der Waals surface area contributed by atoms with Crippen LogP contribution in [0.5, 0.6) is 0 Å². The summed E-state index contributed by atoms with van der Waals surface area (Å²) in [7, 11) is -2.49. The molecule has 0 spiro atoms. The number of anilines is 1. The van der Waals surface area contributed by atoms with E-state index in [4.69, 9.17) is 4.74 Å². The van der Waals surface area contributed by atoms with Gasteiger partial charge < -0.3 is 15.0 Å². The monoisotopic (exact) mass is 451 g/mol. The minimum absolute atomic E-state index is 0.167. The molecule has 2 aliphatic rings. The third kappa shape index (κ3) is 5.20. The number of methoxy groups -OCH3 is 1. The summed E-state index contributed by atoms with van der Waals surface area (Å²) in [5.41, 5.74) is -0.383. The fourth-order valence-electron chi connectivity index (χ4n) is 4.16. The van der Waals surface area contributed by atoms with Crippen LogP contribution in [-0.2, 0) is 19.6 Å². The summed E-state index contributed by atoms with van der Waals surface area (Å²) in [6.07, 6.45) is 5.86. The normalized spacial score (nSPS) is 18.5. The molecule has 0 atom stereocenters. The molecular weight excluding hydrogens is 418 g/mol. The molecule has 2 heterocycles. The second-order valence-corrected chi connectivity index (χ2v) is 10.7. The summed E-state index contributed by atoms with van der Waals surface area (Å²) < 4.78 is 33.4. The fraction of sp³-hybridized carbons (Fsp3) is 0.636. The number of benzene rings is 1. The van der Waals surface area contributed by atoms with Gasteiger partial charge in [0.25, 0.3) is 5.91 Å². The lowest BCUT2D eigenvalue weighted by Gasteiger charge is -2.33. The summed E-state index contributed by atoms with van der Waals surface area (Å²) in [6.45, 7) is 5.67. The Morgan fingerprint density at radius 2 is 1.55 bits per heavy atom. The minimum atomic E-state index is -3.74. The first-order chi connectivity index (χ1) is 14.7. The van der Waals surface area contributed by atoms with Crippen molar-refractivity contribution in [2.45, 2.75) is 62.8 Å². The molecule has 0 radical (unpaired) electrons. The predicted molar refractivity (Wildman–Crippen MR) is 119 cm³/mol. The third-order valence-corrected chi connectivity index (χ3v) is 7.90. The van der Waals surface area contributed by atoms with Gasteiger partial charge in [-0.15, -0.1) is 0 Å². The van der Waals surface area contributed by atoms with Crippen LogP contribution in [0.15, 0.2) is 23.1 Å². The van der Waals surface area contributed by atoms with Gasteiger partial charge in [0.1, 0.15) is 10.4 Å². The van der Waals surface area contributed by atoms with E-state index >= 15 is 0 Å². The van der Waals surface area contributed by atoms with Crippen molar-refractivity contribution in [2.75, 3.05) is 38.2 Å². The zero-order valence-electron chi connectivity index (χ0n) is 18.6. The maximum Gasteiger partial charge on any atom is 0.330 e. The van der Waals surface area contributed by atoms with Crippen molar-refractivity contribution in [3.8, 4) is 0 Å². The Hall–Kier alpha value is -2.13. The number of ether oxygens (including phenoxy) is 1. The topological polar surface area (TPSA) is 96.0 Å². The lowest BCUT2D eigenvalue weighted by atomic mass is 10.0. The second kappa shape index (κ2) is 9.56. The molecule has 0 unspecified atom stereocenters. The molecule has 0 aliphatic carbocycles. The molecular formula is C22H33N3O5S. The molecule has 0 saturated carbocycles. The molecule has 3 rings (SSSR count). The molecule has 2 fully saturated rings. The molecule has 0 bridgehead atoms. The maximum absolute atomic E-state index is 13.6. The first kappa shape index (κ1) is 23.5. The lowest BCUT2D eigenvalue weighted by molar-refractivity contribution is -0.146. The Bertz CT molecular complexity index is 917. The quantitative estimate of drug-likeness (QED) is 0.668. The van der Waals surface area contributed by atoms with Gasteiger partial charge in [0.05, 0.1) is 12.8 Å². The van der Waals surface area contributed by atoms with E-state index in [1.54, 1.807) is 26.0 Å². The van der Waals surface area contributed by atoms with Gasteiger partial charge in [-0.3, -0.25) is 4.79 Å². The number of hydrogen-bond donors (Lipinski definition) is 1. The summed E-state index contributed by atoms with van der Waals surface area (Å²) in [6, 6.07) is 4.81. The van der Waals surface area contributed by atoms with Gasteiger partial charge in [0.15, 0.2) is 0 Å². The van der Waals surface area contributed by atoms with Crippen LogP contribution in [0.1, 0.15) is 62.7 Å². The van der Waals surface area contributed by atoms with E-state index in [1.807, 2.05) is 0 Å². The number of hydrogen-bond acceptors (Lipinski definition) is 6. The first-order valence-electron chi connectivity index (χ1n) is 11.0. The summed E-state index contributed by atoms with van der Waals surface area (Å²) >= 11 is 0. The van der Waals surface area contributed by atoms with Crippen molar-refractivity contribution in [1.29, 1.82) is 0 Å². The Balaban J connectivity index is 1.99. The van der Waals surface area contributed by atoms with Gasteiger partial charge in [-0.1, -0.05) is 6.42 Å². The molecule has 1 N–H and O–H groups in total. The van der Waals surface area contributed by atoms with Crippen LogP contribution in [0.2, 0.25) is 0 Å². The predicted octanol–water partition coefficient (Wildman–Crippen LogP) is 2.53. The average molecular weight is 452 g/mol. The number of nitrogens with zero attached hydrogens (tertiary/aromatic N) is 2. The molecule has 172 valence electrons. The highest BCUT2D eigenvalue weighted by atomic mass is 32.2. The van der Waals surface area contributed by atoms with E-state index < -0.39 is 27.4 Å². The van der Waals surface area contributed by atoms with E-state index in [2.05, 4.69) is 10.2 Å². The minimum Gasteiger partial charge on any atom is -0.467 e. The number of sulfonamides is 1. The number of carbonyl (C=O) groups is 2.